The van der Waals surface area contributed by atoms with Gasteiger partial charge in [0.25, 0.3) is 0 Å². The number of aromatic nitrogens is 1. The first kappa shape index (κ1) is 20.3. The Morgan fingerprint density at radius 3 is 2.65 bits per heavy atom. The molecule has 31 heavy (non-hydrogen) atoms. The molecule has 0 spiro atoms. The van der Waals surface area contributed by atoms with Gasteiger partial charge >= 0.3 is 0 Å². The van der Waals surface area contributed by atoms with Crippen molar-refractivity contribution in [1.82, 2.24) is 14.8 Å². The maximum atomic E-state index is 13.4. The van der Waals surface area contributed by atoms with E-state index in [2.05, 4.69) is 44.9 Å². The molecule has 6 heteroatoms. The number of methoxy groups -OCH3 is 1. The first-order chi connectivity index (χ1) is 15.1. The van der Waals surface area contributed by atoms with E-state index < -0.39 is 0 Å². The van der Waals surface area contributed by atoms with Crippen LogP contribution in [0.3, 0.4) is 0 Å². The molecule has 2 aromatic rings. The molecule has 3 heterocycles. The van der Waals surface area contributed by atoms with Crippen molar-refractivity contribution in [2.24, 2.45) is 11.8 Å². The fraction of sp³-hybridized carbons (Fsp3) is 0.520. The fourth-order valence-corrected chi connectivity index (χ4v) is 5.83. The number of piperidine rings is 1. The van der Waals surface area contributed by atoms with Crippen molar-refractivity contribution in [3.8, 4) is 5.75 Å². The molecule has 2 aliphatic heterocycles. The number of nitrogens with zero attached hydrogens (tertiary/aromatic N) is 4. The first-order valence-electron chi connectivity index (χ1n) is 11.4. The molecule has 1 aromatic heterocycles. The number of piperazine rings is 1. The molecule has 5 rings (SSSR count). The lowest BCUT2D eigenvalue weighted by atomic mass is 9.72. The molecule has 1 amide bonds. The second kappa shape index (κ2) is 8.50. The number of hydrogen-bond donors (Lipinski definition) is 0. The summed E-state index contributed by atoms with van der Waals surface area (Å²) in [6.07, 6.45) is 4.87. The summed E-state index contributed by atoms with van der Waals surface area (Å²) in [5, 5.41) is 0. The molecule has 6 nitrogen and oxygen atoms in total. The van der Waals surface area contributed by atoms with Crippen LogP contribution in [0, 0.1) is 11.8 Å². The monoisotopic (exact) mass is 420 g/mol. The lowest BCUT2D eigenvalue weighted by Crippen LogP contribution is -2.56. The number of anilines is 1. The van der Waals surface area contributed by atoms with Crippen molar-refractivity contribution in [2.45, 2.75) is 25.3 Å². The Hall–Kier alpha value is -2.60. The van der Waals surface area contributed by atoms with E-state index in [1.54, 1.807) is 7.11 Å². The number of amides is 1. The molecule has 0 N–H and O–H groups in total. The van der Waals surface area contributed by atoms with Crippen LogP contribution in [-0.4, -0.2) is 73.6 Å². The second-order valence-electron chi connectivity index (χ2n) is 9.21. The summed E-state index contributed by atoms with van der Waals surface area (Å²) in [5.74, 6) is 2.93. The molecule has 3 aliphatic rings. The second-order valence-corrected chi connectivity index (χ2v) is 9.21. The molecule has 1 aliphatic carbocycles. The van der Waals surface area contributed by atoms with Crippen molar-refractivity contribution in [1.29, 1.82) is 0 Å². The number of benzene rings is 1. The maximum absolute atomic E-state index is 13.4. The highest BCUT2D eigenvalue weighted by Gasteiger charge is 2.41. The standard InChI is InChI=1S/C25H32N4O2/c1-27-17-20(14-19-15-21-18(16-22(19)27)6-5-7-23(21)31-2)25(30)29-12-10-28(11-13-29)24-8-3-4-9-26-24/h3-9,19-20,22H,10-17H2,1-2H3/t19-,20-,22-/m1/s1. The maximum Gasteiger partial charge on any atom is 0.227 e. The number of fused-ring (bicyclic) bond motifs is 2. The van der Waals surface area contributed by atoms with Crippen LogP contribution in [-0.2, 0) is 17.6 Å². The number of carbonyl (C=O) groups is 1. The minimum absolute atomic E-state index is 0.0870. The largest absolute Gasteiger partial charge is 0.496 e. The normalized spacial score (nSPS) is 26.2. The molecular weight excluding hydrogens is 388 g/mol. The van der Waals surface area contributed by atoms with Crippen LogP contribution in [0.1, 0.15) is 17.5 Å². The van der Waals surface area contributed by atoms with E-state index in [1.807, 2.05) is 24.4 Å². The summed E-state index contributed by atoms with van der Waals surface area (Å²) >= 11 is 0. The summed E-state index contributed by atoms with van der Waals surface area (Å²) in [5.41, 5.74) is 2.75. The van der Waals surface area contributed by atoms with Gasteiger partial charge < -0.3 is 19.4 Å². The van der Waals surface area contributed by atoms with Gasteiger partial charge in [-0.05, 0) is 61.6 Å². The van der Waals surface area contributed by atoms with Crippen LogP contribution < -0.4 is 9.64 Å². The highest BCUT2D eigenvalue weighted by molar-refractivity contribution is 5.79. The third kappa shape index (κ3) is 3.89. The van der Waals surface area contributed by atoms with E-state index in [4.69, 9.17) is 4.74 Å². The van der Waals surface area contributed by atoms with Crippen molar-refractivity contribution in [3.63, 3.8) is 0 Å². The topological polar surface area (TPSA) is 48.9 Å². The van der Waals surface area contributed by atoms with Crippen molar-refractivity contribution in [2.75, 3.05) is 51.8 Å². The molecule has 0 unspecified atom stereocenters. The van der Waals surface area contributed by atoms with Gasteiger partial charge in [-0.2, -0.15) is 0 Å². The summed E-state index contributed by atoms with van der Waals surface area (Å²) in [6, 6.07) is 12.9. The molecule has 2 saturated heterocycles. The highest BCUT2D eigenvalue weighted by atomic mass is 16.5. The van der Waals surface area contributed by atoms with Gasteiger partial charge in [0.15, 0.2) is 0 Å². The number of likely N-dealkylation sites (tertiary alicyclic amines) is 1. The zero-order valence-electron chi connectivity index (χ0n) is 18.5. The Kier molecular flexibility index (Phi) is 5.57. The molecule has 0 bridgehead atoms. The summed E-state index contributed by atoms with van der Waals surface area (Å²) in [4.78, 5) is 24.7. The van der Waals surface area contributed by atoms with Gasteiger partial charge in [-0.3, -0.25) is 4.79 Å². The first-order valence-corrected chi connectivity index (χ1v) is 11.4. The Morgan fingerprint density at radius 2 is 1.90 bits per heavy atom. The van der Waals surface area contributed by atoms with Crippen LogP contribution in [0.15, 0.2) is 42.6 Å². The van der Waals surface area contributed by atoms with Crippen LogP contribution in [0.2, 0.25) is 0 Å². The average Bonchev–Trinajstić information content (AvgIpc) is 2.83. The van der Waals surface area contributed by atoms with E-state index >= 15 is 0 Å². The lowest BCUT2D eigenvalue weighted by Gasteiger charge is -2.47. The zero-order valence-corrected chi connectivity index (χ0v) is 18.5. The minimum Gasteiger partial charge on any atom is -0.496 e. The summed E-state index contributed by atoms with van der Waals surface area (Å²) in [6.45, 7) is 4.12. The van der Waals surface area contributed by atoms with E-state index in [9.17, 15) is 4.79 Å². The van der Waals surface area contributed by atoms with Gasteiger partial charge in [0, 0.05) is 45.0 Å². The van der Waals surface area contributed by atoms with Crippen molar-refractivity contribution >= 4 is 11.7 Å². The predicted molar refractivity (Wildman–Crippen MR) is 121 cm³/mol. The Balaban J connectivity index is 1.25. The van der Waals surface area contributed by atoms with Crippen LogP contribution >= 0.6 is 0 Å². The van der Waals surface area contributed by atoms with Gasteiger partial charge in [-0.15, -0.1) is 0 Å². The van der Waals surface area contributed by atoms with Gasteiger partial charge in [0.1, 0.15) is 11.6 Å². The smallest absolute Gasteiger partial charge is 0.227 e. The van der Waals surface area contributed by atoms with Gasteiger partial charge in [0.2, 0.25) is 5.91 Å². The summed E-state index contributed by atoms with van der Waals surface area (Å²) < 4.78 is 5.64. The summed E-state index contributed by atoms with van der Waals surface area (Å²) in [7, 11) is 3.95. The number of hydrogen-bond acceptors (Lipinski definition) is 5. The van der Waals surface area contributed by atoms with Crippen LogP contribution in [0.25, 0.3) is 0 Å². The molecule has 164 valence electrons. The minimum atomic E-state index is 0.0870. The molecule has 0 saturated carbocycles. The van der Waals surface area contributed by atoms with Crippen molar-refractivity contribution in [3.05, 3.63) is 53.7 Å². The Morgan fingerprint density at radius 1 is 1.06 bits per heavy atom. The third-order valence-electron chi connectivity index (χ3n) is 7.47. The number of carbonyl (C=O) groups excluding carboxylic acids is 1. The van der Waals surface area contributed by atoms with Gasteiger partial charge in [0.05, 0.1) is 13.0 Å². The SMILES string of the molecule is COc1cccc2c1C[C@H]1C[C@@H](C(=O)N3CCN(c4ccccn4)CC3)CN(C)[C@@H]1C2. The predicted octanol–water partition coefficient (Wildman–Crippen LogP) is 2.47. The fourth-order valence-electron chi connectivity index (χ4n) is 5.83. The zero-order chi connectivity index (χ0) is 21.4. The molecule has 3 atom stereocenters. The number of rotatable bonds is 3. The van der Waals surface area contributed by atoms with Crippen molar-refractivity contribution < 1.29 is 9.53 Å². The molecule has 0 radical (unpaired) electrons. The molecule has 1 aromatic carbocycles. The number of ether oxygens (including phenoxy) is 1. The molecule has 2 fully saturated rings. The quantitative estimate of drug-likeness (QED) is 0.764. The average molecular weight is 421 g/mol. The Bertz CT molecular complexity index is 926. The van der Waals surface area contributed by atoms with E-state index in [1.165, 1.54) is 11.1 Å². The van der Waals surface area contributed by atoms with E-state index in [-0.39, 0.29) is 5.92 Å². The lowest BCUT2D eigenvalue weighted by molar-refractivity contribution is -0.139. The molecular formula is C25H32N4O2. The van der Waals surface area contributed by atoms with Crippen LogP contribution in [0.5, 0.6) is 5.75 Å². The van der Waals surface area contributed by atoms with E-state index in [0.717, 1.165) is 63.6 Å². The number of pyridine rings is 1. The number of likely N-dealkylation sites (N-methyl/N-ethyl adjacent to an activating group) is 1. The Labute approximate surface area is 184 Å². The van der Waals surface area contributed by atoms with Gasteiger partial charge in [-0.1, -0.05) is 18.2 Å². The highest BCUT2D eigenvalue weighted by Crippen LogP contribution is 2.40. The third-order valence-corrected chi connectivity index (χ3v) is 7.47. The van der Waals surface area contributed by atoms with Crippen LogP contribution in [0.4, 0.5) is 5.82 Å². The van der Waals surface area contributed by atoms with E-state index in [0.29, 0.717) is 17.9 Å². The van der Waals surface area contributed by atoms with Gasteiger partial charge in [-0.25, -0.2) is 4.98 Å².